The lowest BCUT2D eigenvalue weighted by Crippen LogP contribution is -2.32. The average molecular weight is 342 g/mol. The zero-order valence-corrected chi connectivity index (χ0v) is 15.3. The van der Waals surface area contributed by atoms with Crippen LogP contribution < -0.4 is 5.73 Å². The Balaban J connectivity index is 2.06. The van der Waals surface area contributed by atoms with Crippen molar-refractivity contribution in [3.8, 4) is 0 Å². The molecule has 0 aliphatic carbocycles. The van der Waals surface area contributed by atoms with E-state index in [4.69, 9.17) is 10.8 Å². The van der Waals surface area contributed by atoms with Gasteiger partial charge in [-0.05, 0) is 36.5 Å². The highest BCUT2D eigenvalue weighted by Gasteiger charge is 2.17. The molecule has 0 radical (unpaired) electrons. The first-order valence-corrected chi connectivity index (χ1v) is 9.27. The number of aromatic amines is 1. The van der Waals surface area contributed by atoms with E-state index in [1.54, 1.807) is 0 Å². The first kappa shape index (κ1) is 19.3. The van der Waals surface area contributed by atoms with Crippen LogP contribution in [0.4, 0.5) is 0 Å². The first-order valence-electron chi connectivity index (χ1n) is 9.27. The summed E-state index contributed by atoms with van der Waals surface area (Å²) in [6, 6.07) is 7.08. The Morgan fingerprint density at radius 2 is 2.08 bits per heavy atom. The zero-order chi connectivity index (χ0) is 18.2. The van der Waals surface area contributed by atoms with Gasteiger partial charge in [-0.2, -0.15) is 0 Å². The quantitative estimate of drug-likeness (QED) is 0.546. The number of unbranched alkanes of at least 4 members (excludes halogenated alkanes) is 2. The largest absolute Gasteiger partial charge is 0.480 e. The number of para-hydroxylation sites is 1. The predicted molar refractivity (Wildman–Crippen MR) is 105 cm³/mol. The highest BCUT2D eigenvalue weighted by Crippen LogP contribution is 2.25. The van der Waals surface area contributed by atoms with Gasteiger partial charge in [-0.15, -0.1) is 0 Å². The van der Waals surface area contributed by atoms with E-state index in [1.165, 1.54) is 25.7 Å². The first-order chi connectivity index (χ1) is 12.0. The molecule has 1 aromatic carbocycles. The molecular formula is C21H30N2O2. The molecule has 0 unspecified atom stereocenters. The second-order valence-electron chi connectivity index (χ2n) is 6.91. The summed E-state index contributed by atoms with van der Waals surface area (Å²) in [6.45, 7) is 4.54. The van der Waals surface area contributed by atoms with Crippen molar-refractivity contribution in [2.24, 2.45) is 11.7 Å². The van der Waals surface area contributed by atoms with Gasteiger partial charge < -0.3 is 15.8 Å². The minimum atomic E-state index is -0.967. The Morgan fingerprint density at radius 3 is 2.80 bits per heavy atom. The van der Waals surface area contributed by atoms with Crippen LogP contribution in [0, 0.1) is 5.92 Å². The Hall–Kier alpha value is -2.07. The molecule has 1 heterocycles. The third-order valence-electron chi connectivity index (χ3n) is 4.89. The van der Waals surface area contributed by atoms with Crippen LogP contribution in [-0.2, 0) is 11.2 Å². The van der Waals surface area contributed by atoms with E-state index in [0.29, 0.717) is 6.42 Å². The van der Waals surface area contributed by atoms with E-state index in [-0.39, 0.29) is 0 Å². The Bertz CT molecular complexity index is 718. The van der Waals surface area contributed by atoms with Crippen LogP contribution in [0.5, 0.6) is 0 Å². The highest BCUT2D eigenvalue weighted by molar-refractivity contribution is 5.88. The molecule has 2 aromatic rings. The summed E-state index contributed by atoms with van der Waals surface area (Å²) in [7, 11) is 0. The maximum atomic E-state index is 11.1. The number of benzene rings is 1. The molecule has 136 valence electrons. The second-order valence-corrected chi connectivity index (χ2v) is 6.91. The number of carboxylic acid groups (broad SMARTS) is 1. The molecule has 0 spiro atoms. The number of aromatic nitrogens is 1. The smallest absolute Gasteiger partial charge is 0.320 e. The van der Waals surface area contributed by atoms with Crippen molar-refractivity contribution in [1.29, 1.82) is 0 Å². The molecule has 2 atom stereocenters. The Labute approximate surface area is 150 Å². The van der Waals surface area contributed by atoms with Crippen LogP contribution >= 0.6 is 0 Å². The number of hydrogen-bond donors (Lipinski definition) is 3. The van der Waals surface area contributed by atoms with Gasteiger partial charge in [0.1, 0.15) is 6.04 Å². The fraction of sp³-hybridized carbons (Fsp3) is 0.476. The summed E-state index contributed by atoms with van der Waals surface area (Å²) < 4.78 is 0. The number of hydrogen-bond acceptors (Lipinski definition) is 2. The van der Waals surface area contributed by atoms with E-state index in [1.807, 2.05) is 24.3 Å². The van der Waals surface area contributed by atoms with Gasteiger partial charge in [-0.3, -0.25) is 4.79 Å². The second kappa shape index (κ2) is 9.42. The van der Waals surface area contributed by atoms with E-state index in [0.717, 1.165) is 34.5 Å². The van der Waals surface area contributed by atoms with Gasteiger partial charge in [-0.25, -0.2) is 0 Å². The van der Waals surface area contributed by atoms with Crippen LogP contribution in [0.15, 0.2) is 30.3 Å². The van der Waals surface area contributed by atoms with Crippen molar-refractivity contribution in [2.45, 2.75) is 58.4 Å². The molecule has 0 aliphatic rings. The van der Waals surface area contributed by atoms with Gasteiger partial charge in [0.05, 0.1) is 0 Å². The maximum Gasteiger partial charge on any atom is 0.320 e. The Morgan fingerprint density at radius 1 is 1.32 bits per heavy atom. The lowest BCUT2D eigenvalue weighted by Gasteiger charge is -2.07. The third-order valence-corrected chi connectivity index (χ3v) is 4.89. The number of H-pyrrole nitrogens is 1. The molecular weight excluding hydrogens is 312 g/mol. The van der Waals surface area contributed by atoms with Crippen LogP contribution in [0.2, 0.25) is 0 Å². The normalized spacial score (nSPS) is 14.2. The van der Waals surface area contributed by atoms with Crippen LogP contribution in [0.3, 0.4) is 0 Å². The van der Waals surface area contributed by atoms with Gasteiger partial charge in [0.25, 0.3) is 0 Å². The standard InChI is InChI=1S/C21H30N2O2/c1-3-15(2)10-6-4-5-7-12-20-17(14-18(22)21(24)25)16-11-8-9-13-19(16)23-20/h7-9,11-13,15,18,23H,3-6,10,14,22H2,1-2H3,(H,24,25)/b12-7+/t15-,18-/m0/s1. The SMILES string of the molecule is CC[C@H](C)CCCC/C=C/c1[nH]c2ccccc2c1C[C@H](N)C(=O)O. The zero-order valence-electron chi connectivity index (χ0n) is 15.3. The number of nitrogens with two attached hydrogens (primary N) is 1. The molecule has 4 nitrogen and oxygen atoms in total. The van der Waals surface area contributed by atoms with Gasteiger partial charge in [-0.1, -0.05) is 57.4 Å². The predicted octanol–water partition coefficient (Wildman–Crippen LogP) is 4.74. The number of fused-ring (bicyclic) bond motifs is 1. The van der Waals surface area contributed by atoms with Gasteiger partial charge in [0.15, 0.2) is 0 Å². The van der Waals surface area contributed by atoms with E-state index in [2.05, 4.69) is 31.0 Å². The molecule has 0 saturated heterocycles. The van der Waals surface area contributed by atoms with Gasteiger partial charge in [0.2, 0.25) is 0 Å². The fourth-order valence-electron chi connectivity index (χ4n) is 3.05. The maximum absolute atomic E-state index is 11.1. The lowest BCUT2D eigenvalue weighted by molar-refractivity contribution is -0.138. The molecule has 0 amide bonds. The van der Waals surface area contributed by atoms with Crippen molar-refractivity contribution in [3.05, 3.63) is 41.6 Å². The summed E-state index contributed by atoms with van der Waals surface area (Å²) in [5.41, 5.74) is 8.75. The molecule has 0 bridgehead atoms. The summed E-state index contributed by atoms with van der Waals surface area (Å²) >= 11 is 0. The van der Waals surface area contributed by atoms with Crippen LogP contribution in [-0.4, -0.2) is 22.1 Å². The molecule has 0 fully saturated rings. The molecule has 4 N–H and O–H groups in total. The third kappa shape index (κ3) is 5.46. The van der Waals surface area contributed by atoms with Crippen molar-refractivity contribution in [1.82, 2.24) is 4.98 Å². The highest BCUT2D eigenvalue weighted by atomic mass is 16.4. The molecule has 2 rings (SSSR count). The lowest BCUT2D eigenvalue weighted by atomic mass is 10.0. The number of rotatable bonds is 10. The average Bonchev–Trinajstić information content (AvgIpc) is 2.95. The van der Waals surface area contributed by atoms with Crippen molar-refractivity contribution in [2.75, 3.05) is 0 Å². The number of allylic oxidation sites excluding steroid dienone is 1. The van der Waals surface area contributed by atoms with Gasteiger partial charge >= 0.3 is 5.97 Å². The minimum absolute atomic E-state index is 0.326. The monoisotopic (exact) mass is 342 g/mol. The fourth-order valence-corrected chi connectivity index (χ4v) is 3.05. The van der Waals surface area contributed by atoms with Crippen molar-refractivity contribution >= 4 is 22.9 Å². The number of carbonyl (C=O) groups is 1. The summed E-state index contributed by atoms with van der Waals surface area (Å²) in [5, 5.41) is 10.2. The van der Waals surface area contributed by atoms with Gasteiger partial charge in [0, 0.05) is 23.0 Å². The van der Waals surface area contributed by atoms with E-state index >= 15 is 0 Å². The summed E-state index contributed by atoms with van der Waals surface area (Å²) in [4.78, 5) is 14.5. The number of nitrogens with one attached hydrogen (secondary N) is 1. The van der Waals surface area contributed by atoms with E-state index < -0.39 is 12.0 Å². The molecule has 25 heavy (non-hydrogen) atoms. The van der Waals surface area contributed by atoms with Crippen LogP contribution in [0.25, 0.3) is 17.0 Å². The molecule has 4 heteroatoms. The summed E-state index contributed by atoms with van der Waals surface area (Å²) in [6.07, 6.45) is 10.6. The van der Waals surface area contributed by atoms with E-state index in [9.17, 15) is 4.79 Å². The molecule has 1 aromatic heterocycles. The van der Waals surface area contributed by atoms with Crippen molar-refractivity contribution in [3.63, 3.8) is 0 Å². The summed E-state index contributed by atoms with van der Waals surface area (Å²) in [5.74, 6) is -0.160. The molecule has 0 aliphatic heterocycles. The number of carboxylic acids is 1. The van der Waals surface area contributed by atoms with Crippen molar-refractivity contribution < 1.29 is 9.90 Å². The minimum Gasteiger partial charge on any atom is -0.480 e. The van der Waals surface area contributed by atoms with Crippen LogP contribution in [0.1, 0.15) is 57.2 Å². The topological polar surface area (TPSA) is 79.1 Å². The molecule has 0 saturated carbocycles. The Kier molecular flexibility index (Phi) is 7.26. The number of aliphatic carboxylic acids is 1.